The summed E-state index contributed by atoms with van der Waals surface area (Å²) in [6.45, 7) is 3.87. The van der Waals surface area contributed by atoms with Crippen LogP contribution in [0.5, 0.6) is 0 Å². The normalized spacial score (nSPS) is 27.6. The zero-order valence-corrected chi connectivity index (χ0v) is 8.69. The Kier molecular flexibility index (Phi) is 4.16. The third-order valence-corrected chi connectivity index (χ3v) is 2.65. The van der Waals surface area contributed by atoms with Gasteiger partial charge in [-0.05, 0) is 13.0 Å². The SMILES string of the molecule is CCN1CC(NC(=O)OC)CC1CO. The van der Waals surface area contributed by atoms with E-state index >= 15 is 0 Å². The Hall–Kier alpha value is -0.810. The van der Waals surface area contributed by atoms with E-state index in [0.29, 0.717) is 0 Å². The number of amides is 1. The van der Waals surface area contributed by atoms with E-state index in [2.05, 4.69) is 15.0 Å². The van der Waals surface area contributed by atoms with Crippen LogP contribution >= 0.6 is 0 Å². The van der Waals surface area contributed by atoms with E-state index in [1.165, 1.54) is 7.11 Å². The van der Waals surface area contributed by atoms with Gasteiger partial charge in [-0.25, -0.2) is 4.79 Å². The van der Waals surface area contributed by atoms with E-state index in [0.717, 1.165) is 19.5 Å². The van der Waals surface area contributed by atoms with Crippen LogP contribution in [0.3, 0.4) is 0 Å². The second-order valence-electron chi connectivity index (χ2n) is 3.49. The van der Waals surface area contributed by atoms with Crippen LogP contribution in [0, 0.1) is 0 Å². The van der Waals surface area contributed by atoms with Crippen LogP contribution in [0.1, 0.15) is 13.3 Å². The summed E-state index contributed by atoms with van der Waals surface area (Å²) in [6.07, 6.45) is 0.393. The number of rotatable bonds is 3. The van der Waals surface area contributed by atoms with Crippen LogP contribution in [0.2, 0.25) is 0 Å². The number of likely N-dealkylation sites (tertiary alicyclic amines) is 1. The van der Waals surface area contributed by atoms with Gasteiger partial charge in [-0.2, -0.15) is 0 Å². The maximum absolute atomic E-state index is 10.9. The molecule has 1 saturated heterocycles. The van der Waals surface area contributed by atoms with E-state index in [-0.39, 0.29) is 18.7 Å². The zero-order valence-electron chi connectivity index (χ0n) is 8.69. The second-order valence-corrected chi connectivity index (χ2v) is 3.49. The second kappa shape index (κ2) is 5.17. The van der Waals surface area contributed by atoms with Gasteiger partial charge in [0.05, 0.1) is 13.7 Å². The first-order valence-electron chi connectivity index (χ1n) is 4.90. The molecule has 0 spiro atoms. The number of methoxy groups -OCH3 is 1. The van der Waals surface area contributed by atoms with Gasteiger partial charge >= 0.3 is 6.09 Å². The zero-order chi connectivity index (χ0) is 10.6. The summed E-state index contributed by atoms with van der Waals surface area (Å²) in [4.78, 5) is 13.1. The molecule has 0 bridgehead atoms. The Morgan fingerprint density at radius 3 is 2.86 bits per heavy atom. The molecule has 1 aliphatic heterocycles. The molecular weight excluding hydrogens is 184 g/mol. The van der Waals surface area contributed by atoms with Crippen LogP contribution < -0.4 is 5.32 Å². The van der Waals surface area contributed by atoms with E-state index < -0.39 is 6.09 Å². The highest BCUT2D eigenvalue weighted by molar-refractivity contribution is 5.67. The minimum absolute atomic E-state index is 0.0968. The largest absolute Gasteiger partial charge is 0.453 e. The van der Waals surface area contributed by atoms with Crippen molar-refractivity contribution < 1.29 is 14.6 Å². The molecule has 82 valence electrons. The van der Waals surface area contributed by atoms with E-state index in [1.807, 2.05) is 6.92 Å². The van der Waals surface area contributed by atoms with Crippen LogP contribution in [0.25, 0.3) is 0 Å². The summed E-state index contributed by atoms with van der Waals surface area (Å²) in [5.74, 6) is 0. The third kappa shape index (κ3) is 2.59. The molecule has 1 fully saturated rings. The summed E-state index contributed by atoms with van der Waals surface area (Å²) < 4.78 is 4.52. The summed E-state index contributed by atoms with van der Waals surface area (Å²) in [5.41, 5.74) is 0. The number of aliphatic hydroxyl groups is 1. The van der Waals surface area contributed by atoms with Crippen molar-refractivity contribution in [1.82, 2.24) is 10.2 Å². The smallest absolute Gasteiger partial charge is 0.407 e. The van der Waals surface area contributed by atoms with Gasteiger partial charge in [-0.15, -0.1) is 0 Å². The Labute approximate surface area is 84.0 Å². The van der Waals surface area contributed by atoms with Crippen molar-refractivity contribution in [2.75, 3.05) is 26.8 Å². The standard InChI is InChI=1S/C9H18N2O3/c1-3-11-5-7(4-8(11)6-12)10-9(13)14-2/h7-8,12H,3-6H2,1-2H3,(H,10,13). The Morgan fingerprint density at radius 2 is 2.43 bits per heavy atom. The molecule has 5 nitrogen and oxygen atoms in total. The van der Waals surface area contributed by atoms with Crippen molar-refractivity contribution in [2.24, 2.45) is 0 Å². The number of nitrogens with zero attached hydrogens (tertiary/aromatic N) is 1. The quantitative estimate of drug-likeness (QED) is 0.665. The number of nitrogens with one attached hydrogen (secondary N) is 1. The van der Waals surface area contributed by atoms with Gasteiger partial charge < -0.3 is 15.2 Å². The number of ether oxygens (including phenoxy) is 1. The first kappa shape index (κ1) is 11.3. The molecule has 2 unspecified atom stereocenters. The number of alkyl carbamates (subject to hydrolysis) is 1. The Bertz CT molecular complexity index is 186. The Balaban J connectivity index is 2.40. The average molecular weight is 202 g/mol. The summed E-state index contributed by atoms with van der Waals surface area (Å²) in [7, 11) is 1.35. The Morgan fingerprint density at radius 1 is 1.71 bits per heavy atom. The fourth-order valence-corrected chi connectivity index (χ4v) is 1.89. The van der Waals surface area contributed by atoms with Crippen molar-refractivity contribution in [3.63, 3.8) is 0 Å². The number of carbonyl (C=O) groups excluding carboxylic acids is 1. The molecule has 5 heteroatoms. The molecule has 0 aliphatic carbocycles. The lowest BCUT2D eigenvalue weighted by Gasteiger charge is -2.19. The maximum Gasteiger partial charge on any atom is 0.407 e. The summed E-state index contributed by atoms with van der Waals surface area (Å²) in [5, 5.41) is 11.8. The lowest BCUT2D eigenvalue weighted by Crippen LogP contribution is -2.37. The molecule has 0 radical (unpaired) electrons. The van der Waals surface area contributed by atoms with E-state index in [4.69, 9.17) is 5.11 Å². The molecule has 1 amide bonds. The first-order chi connectivity index (χ1) is 6.71. The lowest BCUT2D eigenvalue weighted by atomic mass is 10.2. The van der Waals surface area contributed by atoms with Crippen LogP contribution in [-0.2, 0) is 4.74 Å². The molecule has 0 aromatic heterocycles. The van der Waals surface area contributed by atoms with Crippen LogP contribution in [0.4, 0.5) is 4.79 Å². The number of hydrogen-bond donors (Lipinski definition) is 2. The summed E-state index contributed by atoms with van der Waals surface area (Å²) >= 11 is 0. The summed E-state index contributed by atoms with van der Waals surface area (Å²) in [6, 6.07) is 0.265. The highest BCUT2D eigenvalue weighted by Crippen LogP contribution is 2.16. The molecule has 0 aromatic rings. The van der Waals surface area contributed by atoms with Crippen molar-refractivity contribution >= 4 is 6.09 Å². The molecule has 14 heavy (non-hydrogen) atoms. The highest BCUT2D eigenvalue weighted by atomic mass is 16.5. The van der Waals surface area contributed by atoms with Crippen LogP contribution in [-0.4, -0.2) is 55.0 Å². The molecule has 1 aliphatic rings. The average Bonchev–Trinajstić information content (AvgIpc) is 2.59. The van der Waals surface area contributed by atoms with E-state index in [9.17, 15) is 4.79 Å². The topological polar surface area (TPSA) is 61.8 Å². The molecule has 2 atom stereocenters. The molecular formula is C9H18N2O3. The van der Waals surface area contributed by atoms with Crippen molar-refractivity contribution in [2.45, 2.75) is 25.4 Å². The van der Waals surface area contributed by atoms with Gasteiger partial charge in [-0.3, -0.25) is 4.90 Å². The van der Waals surface area contributed by atoms with Gasteiger partial charge in [0, 0.05) is 18.6 Å². The molecule has 0 aromatic carbocycles. The van der Waals surface area contributed by atoms with Gasteiger partial charge in [0.15, 0.2) is 0 Å². The number of hydrogen-bond acceptors (Lipinski definition) is 4. The number of likely N-dealkylation sites (N-methyl/N-ethyl adjacent to an activating group) is 1. The molecule has 0 saturated carbocycles. The predicted octanol–water partition coefficient (Wildman–Crippen LogP) is -0.203. The highest BCUT2D eigenvalue weighted by Gasteiger charge is 2.31. The maximum atomic E-state index is 10.9. The molecule has 1 rings (SSSR count). The van der Waals surface area contributed by atoms with Gasteiger partial charge in [-0.1, -0.05) is 6.92 Å². The molecule has 2 N–H and O–H groups in total. The minimum atomic E-state index is -0.398. The predicted molar refractivity (Wildman–Crippen MR) is 52.1 cm³/mol. The van der Waals surface area contributed by atoms with E-state index in [1.54, 1.807) is 0 Å². The van der Waals surface area contributed by atoms with Crippen molar-refractivity contribution in [3.8, 4) is 0 Å². The minimum Gasteiger partial charge on any atom is -0.453 e. The number of aliphatic hydroxyl groups excluding tert-OH is 1. The van der Waals surface area contributed by atoms with Gasteiger partial charge in [0.1, 0.15) is 0 Å². The van der Waals surface area contributed by atoms with Crippen LogP contribution in [0.15, 0.2) is 0 Å². The lowest BCUT2D eigenvalue weighted by molar-refractivity contribution is 0.163. The van der Waals surface area contributed by atoms with Gasteiger partial charge in [0.2, 0.25) is 0 Å². The van der Waals surface area contributed by atoms with Crippen molar-refractivity contribution in [1.29, 1.82) is 0 Å². The fraction of sp³-hybridized carbons (Fsp3) is 0.889. The third-order valence-electron chi connectivity index (χ3n) is 2.65. The molecule has 1 heterocycles. The first-order valence-corrected chi connectivity index (χ1v) is 4.90. The monoisotopic (exact) mass is 202 g/mol. The number of carbonyl (C=O) groups is 1. The fourth-order valence-electron chi connectivity index (χ4n) is 1.89. The van der Waals surface area contributed by atoms with Crippen molar-refractivity contribution in [3.05, 3.63) is 0 Å². The van der Waals surface area contributed by atoms with Gasteiger partial charge in [0.25, 0.3) is 0 Å².